The molecule has 0 aromatic rings. The van der Waals surface area contributed by atoms with Crippen LogP contribution in [0.2, 0.25) is 0 Å². The molecule has 1 rings (SSSR count). The molecule has 1 aliphatic heterocycles. The van der Waals surface area contributed by atoms with Crippen LogP contribution in [-0.4, -0.2) is 25.2 Å². The molecule has 0 radical (unpaired) electrons. The molecule has 3 heteroatoms. The third-order valence-electron chi connectivity index (χ3n) is 3.10. The molecule has 0 saturated carbocycles. The van der Waals surface area contributed by atoms with Crippen LogP contribution in [-0.2, 0) is 9.53 Å². The smallest absolute Gasteiger partial charge is 0.217 e. The average Bonchev–Trinajstić information content (AvgIpc) is 2.79. The fourth-order valence-corrected chi connectivity index (χ4v) is 2.06. The molecule has 0 aliphatic carbocycles. The Morgan fingerprint density at radius 1 is 1.41 bits per heavy atom. The lowest BCUT2D eigenvalue weighted by Crippen LogP contribution is -2.37. The standard InChI is InChI=1S/C12H23NO2.C2H6/c1-9(2)12(13-10(3)14)5-4-11-6-7-15-8-11;1-2/h9,11-12H,4-8H2,1-3H3,(H,13,14);1-2H3. The van der Waals surface area contributed by atoms with Gasteiger partial charge >= 0.3 is 0 Å². The lowest BCUT2D eigenvalue weighted by molar-refractivity contribution is -0.120. The van der Waals surface area contributed by atoms with Gasteiger partial charge in [0.15, 0.2) is 0 Å². The van der Waals surface area contributed by atoms with E-state index in [4.69, 9.17) is 4.74 Å². The van der Waals surface area contributed by atoms with E-state index in [-0.39, 0.29) is 5.91 Å². The molecule has 2 atom stereocenters. The van der Waals surface area contributed by atoms with Crippen LogP contribution in [0.1, 0.15) is 53.9 Å². The second kappa shape index (κ2) is 9.46. The maximum absolute atomic E-state index is 11.0. The average molecular weight is 243 g/mol. The van der Waals surface area contributed by atoms with Crippen molar-refractivity contribution in [2.24, 2.45) is 11.8 Å². The fourth-order valence-electron chi connectivity index (χ4n) is 2.06. The third-order valence-corrected chi connectivity index (χ3v) is 3.10. The summed E-state index contributed by atoms with van der Waals surface area (Å²) >= 11 is 0. The van der Waals surface area contributed by atoms with E-state index < -0.39 is 0 Å². The minimum absolute atomic E-state index is 0.0800. The van der Waals surface area contributed by atoms with Gasteiger partial charge in [0, 0.05) is 26.2 Å². The van der Waals surface area contributed by atoms with Crippen molar-refractivity contribution in [3.63, 3.8) is 0 Å². The van der Waals surface area contributed by atoms with E-state index in [0.717, 1.165) is 19.6 Å². The largest absolute Gasteiger partial charge is 0.381 e. The van der Waals surface area contributed by atoms with Gasteiger partial charge in [-0.2, -0.15) is 0 Å². The van der Waals surface area contributed by atoms with E-state index in [1.807, 2.05) is 13.8 Å². The van der Waals surface area contributed by atoms with Crippen LogP contribution in [0.15, 0.2) is 0 Å². The van der Waals surface area contributed by atoms with Gasteiger partial charge in [0.1, 0.15) is 0 Å². The predicted molar refractivity (Wildman–Crippen MR) is 72.0 cm³/mol. The maximum atomic E-state index is 11.0. The summed E-state index contributed by atoms with van der Waals surface area (Å²) in [6.07, 6.45) is 3.43. The number of amides is 1. The van der Waals surface area contributed by atoms with Gasteiger partial charge in [0.2, 0.25) is 5.91 Å². The molecule has 2 unspecified atom stereocenters. The zero-order valence-electron chi connectivity index (χ0n) is 12.1. The molecule has 1 heterocycles. The summed E-state index contributed by atoms with van der Waals surface area (Å²) in [7, 11) is 0. The topological polar surface area (TPSA) is 38.3 Å². The van der Waals surface area contributed by atoms with E-state index in [0.29, 0.717) is 17.9 Å². The molecule has 0 spiro atoms. The Labute approximate surface area is 106 Å². The van der Waals surface area contributed by atoms with Gasteiger partial charge in [-0.25, -0.2) is 0 Å². The summed E-state index contributed by atoms with van der Waals surface area (Å²) in [5.74, 6) is 1.30. The van der Waals surface area contributed by atoms with Crippen molar-refractivity contribution < 1.29 is 9.53 Å². The van der Waals surface area contributed by atoms with Gasteiger partial charge in [-0.3, -0.25) is 4.79 Å². The van der Waals surface area contributed by atoms with Gasteiger partial charge in [0.25, 0.3) is 0 Å². The molecule has 1 fully saturated rings. The van der Waals surface area contributed by atoms with Crippen molar-refractivity contribution in [3.8, 4) is 0 Å². The molecular formula is C14H29NO2. The van der Waals surface area contributed by atoms with E-state index >= 15 is 0 Å². The van der Waals surface area contributed by atoms with Crippen molar-refractivity contribution in [2.75, 3.05) is 13.2 Å². The van der Waals surface area contributed by atoms with Crippen molar-refractivity contribution in [1.82, 2.24) is 5.32 Å². The Hall–Kier alpha value is -0.570. The monoisotopic (exact) mass is 243 g/mol. The van der Waals surface area contributed by atoms with E-state index in [1.165, 1.54) is 12.8 Å². The summed E-state index contributed by atoms with van der Waals surface area (Å²) in [6.45, 7) is 11.7. The van der Waals surface area contributed by atoms with Crippen LogP contribution in [0.4, 0.5) is 0 Å². The Kier molecular flexibility index (Phi) is 9.14. The normalized spacial score (nSPS) is 20.7. The second-order valence-corrected chi connectivity index (χ2v) is 4.86. The van der Waals surface area contributed by atoms with Crippen LogP contribution in [0.3, 0.4) is 0 Å². The molecule has 102 valence electrons. The Bertz CT molecular complexity index is 198. The molecule has 0 aromatic heterocycles. The number of ether oxygens (including phenoxy) is 1. The maximum Gasteiger partial charge on any atom is 0.217 e. The lowest BCUT2D eigenvalue weighted by Gasteiger charge is -2.22. The number of carbonyl (C=O) groups excluding carboxylic acids is 1. The van der Waals surface area contributed by atoms with E-state index in [1.54, 1.807) is 6.92 Å². The first-order valence-electron chi connectivity index (χ1n) is 6.94. The van der Waals surface area contributed by atoms with E-state index in [9.17, 15) is 4.79 Å². The summed E-state index contributed by atoms with van der Waals surface area (Å²) < 4.78 is 5.34. The number of hydrogen-bond donors (Lipinski definition) is 1. The highest BCUT2D eigenvalue weighted by molar-refractivity contribution is 5.73. The summed E-state index contributed by atoms with van der Waals surface area (Å²) in [5.41, 5.74) is 0. The van der Waals surface area contributed by atoms with Crippen molar-refractivity contribution in [1.29, 1.82) is 0 Å². The first-order chi connectivity index (χ1) is 8.09. The number of hydrogen-bond acceptors (Lipinski definition) is 2. The zero-order valence-corrected chi connectivity index (χ0v) is 12.1. The van der Waals surface area contributed by atoms with Crippen molar-refractivity contribution in [2.45, 2.75) is 59.9 Å². The molecule has 0 aromatic carbocycles. The minimum atomic E-state index is 0.0800. The van der Waals surface area contributed by atoms with E-state index in [2.05, 4.69) is 19.2 Å². The molecule has 1 amide bonds. The van der Waals surface area contributed by atoms with Gasteiger partial charge in [-0.05, 0) is 31.1 Å². The fraction of sp³-hybridized carbons (Fsp3) is 0.929. The Morgan fingerprint density at radius 3 is 2.47 bits per heavy atom. The van der Waals surface area contributed by atoms with Crippen molar-refractivity contribution in [3.05, 3.63) is 0 Å². The van der Waals surface area contributed by atoms with Crippen molar-refractivity contribution >= 4 is 5.91 Å². The molecular weight excluding hydrogens is 214 g/mol. The highest BCUT2D eigenvalue weighted by Crippen LogP contribution is 2.20. The highest BCUT2D eigenvalue weighted by atomic mass is 16.5. The molecule has 17 heavy (non-hydrogen) atoms. The summed E-state index contributed by atoms with van der Waals surface area (Å²) in [4.78, 5) is 11.0. The molecule has 3 nitrogen and oxygen atoms in total. The van der Waals surface area contributed by atoms with Crippen LogP contribution >= 0.6 is 0 Å². The summed E-state index contributed by atoms with van der Waals surface area (Å²) in [5, 5.41) is 3.02. The van der Waals surface area contributed by atoms with Crippen LogP contribution < -0.4 is 5.32 Å². The Balaban J connectivity index is 0.00000121. The predicted octanol–water partition coefficient (Wildman–Crippen LogP) is 2.99. The first-order valence-corrected chi connectivity index (χ1v) is 6.94. The van der Waals surface area contributed by atoms with Gasteiger partial charge in [-0.1, -0.05) is 27.7 Å². The molecule has 1 saturated heterocycles. The third kappa shape index (κ3) is 7.37. The van der Waals surface area contributed by atoms with Crippen LogP contribution in [0.25, 0.3) is 0 Å². The highest BCUT2D eigenvalue weighted by Gasteiger charge is 2.20. The number of carbonyl (C=O) groups is 1. The molecule has 0 bridgehead atoms. The van der Waals surface area contributed by atoms with Gasteiger partial charge in [0.05, 0.1) is 0 Å². The van der Waals surface area contributed by atoms with Gasteiger partial charge < -0.3 is 10.1 Å². The second-order valence-electron chi connectivity index (χ2n) is 4.86. The first kappa shape index (κ1) is 16.4. The molecule has 1 N–H and O–H groups in total. The molecule has 1 aliphatic rings. The lowest BCUT2D eigenvalue weighted by atomic mass is 9.93. The van der Waals surface area contributed by atoms with Crippen LogP contribution in [0, 0.1) is 11.8 Å². The van der Waals surface area contributed by atoms with Gasteiger partial charge in [-0.15, -0.1) is 0 Å². The number of rotatable bonds is 5. The SMILES string of the molecule is CC.CC(=O)NC(CCC1CCOC1)C(C)C. The zero-order chi connectivity index (χ0) is 13.3. The summed E-state index contributed by atoms with van der Waals surface area (Å²) in [6, 6.07) is 0.322. The quantitative estimate of drug-likeness (QED) is 0.806. The minimum Gasteiger partial charge on any atom is -0.381 e. The number of nitrogens with one attached hydrogen (secondary N) is 1. The van der Waals surface area contributed by atoms with Crippen LogP contribution in [0.5, 0.6) is 0 Å². The Morgan fingerprint density at radius 2 is 2.06 bits per heavy atom.